The third-order valence-electron chi connectivity index (χ3n) is 4.17. The van der Waals surface area contributed by atoms with E-state index < -0.39 is 0 Å². The highest BCUT2D eigenvalue weighted by molar-refractivity contribution is 5.36. The van der Waals surface area contributed by atoms with Crippen molar-refractivity contribution in [3.05, 3.63) is 70.8 Å². The number of aryl methyl sites for hydroxylation is 1. The number of fused-ring (bicyclic) bond motifs is 1. The topological polar surface area (TPSA) is 21.3 Å². The summed E-state index contributed by atoms with van der Waals surface area (Å²) in [6.07, 6.45) is 1.10. The molecule has 1 aliphatic heterocycles. The zero-order valence-electron chi connectivity index (χ0n) is 12.1. The first-order valence-corrected chi connectivity index (χ1v) is 7.23. The first kappa shape index (κ1) is 13.3. The second-order valence-electron chi connectivity index (χ2n) is 5.36. The van der Waals surface area contributed by atoms with Crippen molar-refractivity contribution < 1.29 is 4.74 Å². The van der Waals surface area contributed by atoms with E-state index in [1.165, 1.54) is 22.3 Å². The zero-order valence-corrected chi connectivity index (χ0v) is 12.1. The van der Waals surface area contributed by atoms with Crippen LogP contribution in [0, 0.1) is 6.92 Å². The van der Waals surface area contributed by atoms with Gasteiger partial charge in [-0.3, -0.25) is 0 Å². The quantitative estimate of drug-likeness (QED) is 0.918. The Morgan fingerprint density at radius 3 is 2.65 bits per heavy atom. The van der Waals surface area contributed by atoms with Crippen LogP contribution in [0.1, 0.15) is 34.4 Å². The maximum atomic E-state index is 6.10. The van der Waals surface area contributed by atoms with Gasteiger partial charge in [-0.2, -0.15) is 0 Å². The fourth-order valence-electron chi connectivity index (χ4n) is 3.11. The van der Waals surface area contributed by atoms with Crippen LogP contribution in [0.25, 0.3) is 0 Å². The molecule has 2 atom stereocenters. The van der Waals surface area contributed by atoms with E-state index in [4.69, 9.17) is 4.74 Å². The van der Waals surface area contributed by atoms with Gasteiger partial charge in [0.1, 0.15) is 6.10 Å². The third-order valence-corrected chi connectivity index (χ3v) is 4.17. The highest BCUT2D eigenvalue weighted by Gasteiger charge is 2.29. The number of rotatable bonds is 3. The molecule has 1 aliphatic rings. The molecule has 0 saturated carbocycles. The van der Waals surface area contributed by atoms with E-state index in [-0.39, 0.29) is 12.1 Å². The van der Waals surface area contributed by atoms with Crippen LogP contribution in [-0.4, -0.2) is 13.7 Å². The van der Waals surface area contributed by atoms with Crippen LogP contribution in [0.3, 0.4) is 0 Å². The number of likely N-dealkylation sites (N-methyl/N-ethyl adjacent to an activating group) is 1. The predicted octanol–water partition coefficient (Wildman–Crippen LogP) is 3.57. The number of ether oxygens (including phenoxy) is 1. The second kappa shape index (κ2) is 5.78. The van der Waals surface area contributed by atoms with Crippen molar-refractivity contribution in [1.82, 2.24) is 5.32 Å². The van der Waals surface area contributed by atoms with Gasteiger partial charge in [0.25, 0.3) is 0 Å². The normalized spacial score (nSPS) is 19.4. The molecule has 0 radical (unpaired) electrons. The van der Waals surface area contributed by atoms with Gasteiger partial charge < -0.3 is 10.1 Å². The zero-order chi connectivity index (χ0) is 13.9. The van der Waals surface area contributed by atoms with Crippen LogP contribution in [-0.2, 0) is 11.2 Å². The Labute approximate surface area is 120 Å². The lowest BCUT2D eigenvalue weighted by molar-refractivity contribution is 0.0164. The Bertz CT molecular complexity index is 593. The largest absolute Gasteiger partial charge is 0.371 e. The molecule has 1 N–H and O–H groups in total. The highest BCUT2D eigenvalue weighted by atomic mass is 16.5. The van der Waals surface area contributed by atoms with E-state index in [0.29, 0.717) is 0 Å². The Hall–Kier alpha value is -1.64. The van der Waals surface area contributed by atoms with E-state index in [9.17, 15) is 0 Å². The van der Waals surface area contributed by atoms with Crippen molar-refractivity contribution >= 4 is 0 Å². The lowest BCUT2D eigenvalue weighted by atomic mass is 9.88. The first-order valence-electron chi connectivity index (χ1n) is 7.23. The van der Waals surface area contributed by atoms with Crippen molar-refractivity contribution in [2.75, 3.05) is 13.7 Å². The first-order chi connectivity index (χ1) is 9.81. The van der Waals surface area contributed by atoms with E-state index in [2.05, 4.69) is 60.8 Å². The van der Waals surface area contributed by atoms with Gasteiger partial charge in [0.05, 0.1) is 12.6 Å². The summed E-state index contributed by atoms with van der Waals surface area (Å²) in [7, 11) is 2.01. The number of hydrogen-bond donors (Lipinski definition) is 1. The predicted molar refractivity (Wildman–Crippen MR) is 81.8 cm³/mol. The Morgan fingerprint density at radius 1 is 1.10 bits per heavy atom. The molecule has 2 nitrogen and oxygen atoms in total. The summed E-state index contributed by atoms with van der Waals surface area (Å²) in [5, 5.41) is 3.44. The molecule has 2 aromatic carbocycles. The molecule has 2 aromatic rings. The van der Waals surface area contributed by atoms with Gasteiger partial charge in [-0.15, -0.1) is 0 Å². The van der Waals surface area contributed by atoms with Gasteiger partial charge in [0.2, 0.25) is 0 Å². The molecular weight excluding hydrogens is 246 g/mol. The number of nitrogens with one attached hydrogen (secondary N) is 1. The maximum Gasteiger partial charge on any atom is 0.102 e. The van der Waals surface area contributed by atoms with Crippen LogP contribution in [0.5, 0.6) is 0 Å². The minimum Gasteiger partial charge on any atom is -0.371 e. The van der Waals surface area contributed by atoms with Gasteiger partial charge in [0.15, 0.2) is 0 Å². The third kappa shape index (κ3) is 2.37. The molecule has 2 heteroatoms. The highest BCUT2D eigenvalue weighted by Crippen LogP contribution is 2.37. The van der Waals surface area contributed by atoms with Crippen LogP contribution in [0.4, 0.5) is 0 Å². The molecule has 20 heavy (non-hydrogen) atoms. The SMILES string of the molecule is CNC(c1ccccc1C)C1OCCc2ccccc21. The van der Waals surface area contributed by atoms with Gasteiger partial charge in [0, 0.05) is 0 Å². The maximum absolute atomic E-state index is 6.10. The van der Waals surface area contributed by atoms with Gasteiger partial charge in [-0.05, 0) is 42.6 Å². The molecule has 0 fully saturated rings. The monoisotopic (exact) mass is 267 g/mol. The lowest BCUT2D eigenvalue weighted by Crippen LogP contribution is -2.30. The summed E-state index contributed by atoms with van der Waals surface area (Å²) < 4.78 is 6.10. The molecule has 0 amide bonds. The Morgan fingerprint density at radius 2 is 1.85 bits per heavy atom. The summed E-state index contributed by atoms with van der Waals surface area (Å²) in [5.41, 5.74) is 5.36. The molecule has 0 bridgehead atoms. The fraction of sp³-hybridized carbons (Fsp3) is 0.333. The molecule has 1 heterocycles. The lowest BCUT2D eigenvalue weighted by Gasteiger charge is -2.33. The minimum absolute atomic E-state index is 0.0889. The summed E-state index contributed by atoms with van der Waals surface area (Å²) >= 11 is 0. The molecule has 0 spiro atoms. The summed E-state index contributed by atoms with van der Waals surface area (Å²) in [6, 6.07) is 17.4. The summed E-state index contributed by atoms with van der Waals surface area (Å²) in [5.74, 6) is 0. The molecule has 3 rings (SSSR count). The molecule has 0 aliphatic carbocycles. The number of benzene rings is 2. The van der Waals surface area contributed by atoms with E-state index in [1.54, 1.807) is 0 Å². The molecule has 0 saturated heterocycles. The number of hydrogen-bond acceptors (Lipinski definition) is 2. The van der Waals surface area contributed by atoms with Crippen LogP contribution in [0.15, 0.2) is 48.5 Å². The molecule has 104 valence electrons. The Balaban J connectivity index is 2.01. The van der Waals surface area contributed by atoms with Crippen molar-refractivity contribution in [1.29, 1.82) is 0 Å². The smallest absolute Gasteiger partial charge is 0.102 e. The van der Waals surface area contributed by atoms with Crippen LogP contribution in [0.2, 0.25) is 0 Å². The second-order valence-corrected chi connectivity index (χ2v) is 5.36. The van der Waals surface area contributed by atoms with Gasteiger partial charge in [-0.25, -0.2) is 0 Å². The van der Waals surface area contributed by atoms with Gasteiger partial charge >= 0.3 is 0 Å². The molecule has 0 aromatic heterocycles. The fourth-order valence-corrected chi connectivity index (χ4v) is 3.11. The van der Waals surface area contributed by atoms with Crippen LogP contribution < -0.4 is 5.32 Å². The van der Waals surface area contributed by atoms with Crippen molar-refractivity contribution in [3.8, 4) is 0 Å². The van der Waals surface area contributed by atoms with Crippen molar-refractivity contribution in [3.63, 3.8) is 0 Å². The summed E-state index contributed by atoms with van der Waals surface area (Å²) in [4.78, 5) is 0. The molecule has 2 unspecified atom stereocenters. The standard InChI is InChI=1S/C18H21NO/c1-13-7-3-5-9-15(13)17(19-2)18-16-10-6-4-8-14(16)11-12-20-18/h3-10,17-19H,11-12H2,1-2H3. The van der Waals surface area contributed by atoms with E-state index in [1.807, 2.05) is 7.05 Å². The van der Waals surface area contributed by atoms with E-state index >= 15 is 0 Å². The van der Waals surface area contributed by atoms with Crippen molar-refractivity contribution in [2.45, 2.75) is 25.5 Å². The average molecular weight is 267 g/mol. The van der Waals surface area contributed by atoms with Crippen LogP contribution >= 0.6 is 0 Å². The summed E-state index contributed by atoms with van der Waals surface area (Å²) in [6.45, 7) is 2.96. The average Bonchev–Trinajstić information content (AvgIpc) is 2.50. The Kier molecular flexibility index (Phi) is 3.86. The van der Waals surface area contributed by atoms with Crippen molar-refractivity contribution in [2.24, 2.45) is 0 Å². The van der Waals surface area contributed by atoms with E-state index in [0.717, 1.165) is 13.0 Å². The molecular formula is C18H21NO. The van der Waals surface area contributed by atoms with Gasteiger partial charge in [-0.1, -0.05) is 48.5 Å². The minimum atomic E-state index is 0.0889.